The molecule has 0 fully saturated rings. The van der Waals surface area contributed by atoms with Gasteiger partial charge in [0.05, 0.1) is 0 Å². The Labute approximate surface area is 152 Å². The molecule has 0 aliphatic carbocycles. The number of phenolic OH excluding ortho intramolecular Hbond substituents is 2. The molecule has 0 atom stereocenters. The maximum atomic E-state index is 9.67. The lowest BCUT2D eigenvalue weighted by Gasteiger charge is -2.21. The summed E-state index contributed by atoms with van der Waals surface area (Å²) in [6.45, 7) is 6.66. The predicted molar refractivity (Wildman–Crippen MR) is 105 cm³/mol. The maximum Gasteiger partial charge on any atom is 0.158 e. The van der Waals surface area contributed by atoms with Crippen LogP contribution in [-0.2, 0) is 0 Å². The molecule has 0 saturated heterocycles. The molecule has 0 aromatic heterocycles. The molecule has 0 unspecified atom stereocenters. The monoisotopic (exact) mass is 353 g/mol. The number of hydrogen-bond acceptors (Lipinski definition) is 4. The fourth-order valence-corrected chi connectivity index (χ4v) is 3.73. The molecule has 24 heavy (non-hydrogen) atoms. The summed E-state index contributed by atoms with van der Waals surface area (Å²) in [6.07, 6.45) is 12.9. The molecule has 0 radical (unpaired) electrons. The van der Waals surface area contributed by atoms with Crippen LogP contribution in [0.4, 0.5) is 0 Å². The minimum atomic E-state index is -0.0511. The zero-order chi connectivity index (χ0) is 17.6. The van der Waals surface area contributed by atoms with Crippen molar-refractivity contribution in [3.8, 4) is 11.5 Å². The second kappa shape index (κ2) is 13.4. The Morgan fingerprint density at radius 1 is 0.750 bits per heavy atom. The van der Waals surface area contributed by atoms with Crippen LogP contribution in [0.25, 0.3) is 0 Å². The van der Waals surface area contributed by atoms with E-state index in [0.29, 0.717) is 0 Å². The van der Waals surface area contributed by atoms with E-state index in [1.807, 2.05) is 6.07 Å². The van der Waals surface area contributed by atoms with Crippen molar-refractivity contribution in [1.82, 2.24) is 4.31 Å². The van der Waals surface area contributed by atoms with Gasteiger partial charge in [-0.3, -0.25) is 0 Å². The van der Waals surface area contributed by atoms with E-state index in [1.54, 1.807) is 24.1 Å². The van der Waals surface area contributed by atoms with Crippen LogP contribution in [-0.4, -0.2) is 27.6 Å². The average molecular weight is 354 g/mol. The van der Waals surface area contributed by atoms with Crippen LogP contribution in [0, 0.1) is 0 Å². The second-order valence-electron chi connectivity index (χ2n) is 6.50. The number of aromatic hydroxyl groups is 2. The number of unbranched alkanes of at least 4 members (excludes halogenated alkanes) is 8. The Hall–Kier alpha value is -0.870. The summed E-state index contributed by atoms with van der Waals surface area (Å²) in [5.74, 6) is -0.0877. The first-order chi connectivity index (χ1) is 11.7. The van der Waals surface area contributed by atoms with E-state index in [1.165, 1.54) is 64.2 Å². The molecule has 0 aliphatic rings. The predicted octanol–water partition coefficient (Wildman–Crippen LogP) is 6.35. The van der Waals surface area contributed by atoms with Crippen molar-refractivity contribution in [3.63, 3.8) is 0 Å². The highest BCUT2D eigenvalue weighted by atomic mass is 32.2. The van der Waals surface area contributed by atoms with Gasteiger partial charge >= 0.3 is 0 Å². The van der Waals surface area contributed by atoms with Crippen LogP contribution in [0.5, 0.6) is 11.5 Å². The fourth-order valence-electron chi connectivity index (χ4n) is 2.70. The summed E-state index contributed by atoms with van der Waals surface area (Å²) < 4.78 is 2.42. The minimum Gasteiger partial charge on any atom is -0.504 e. The molecule has 0 aliphatic heterocycles. The number of phenols is 2. The van der Waals surface area contributed by atoms with Crippen LogP contribution >= 0.6 is 11.9 Å². The van der Waals surface area contributed by atoms with Crippen LogP contribution in [0.1, 0.15) is 78.1 Å². The van der Waals surface area contributed by atoms with Crippen molar-refractivity contribution in [2.24, 2.45) is 0 Å². The molecule has 138 valence electrons. The quantitative estimate of drug-likeness (QED) is 0.232. The van der Waals surface area contributed by atoms with Gasteiger partial charge in [-0.1, -0.05) is 65.2 Å². The SMILES string of the molecule is CCCCCCCCN(CCCCCC)Sc1ccc(O)c(O)c1. The third-order valence-corrected chi connectivity index (χ3v) is 5.29. The highest BCUT2D eigenvalue weighted by molar-refractivity contribution is 7.97. The number of benzene rings is 1. The van der Waals surface area contributed by atoms with Crippen molar-refractivity contribution in [1.29, 1.82) is 0 Å². The van der Waals surface area contributed by atoms with E-state index in [-0.39, 0.29) is 11.5 Å². The first-order valence-corrected chi connectivity index (χ1v) is 10.4. The zero-order valence-corrected chi connectivity index (χ0v) is 16.3. The van der Waals surface area contributed by atoms with Gasteiger partial charge in [-0.05, 0) is 43.0 Å². The highest BCUT2D eigenvalue weighted by Crippen LogP contribution is 2.32. The van der Waals surface area contributed by atoms with E-state index < -0.39 is 0 Å². The van der Waals surface area contributed by atoms with Gasteiger partial charge in [0.25, 0.3) is 0 Å². The molecular weight excluding hydrogens is 318 g/mol. The summed E-state index contributed by atoms with van der Waals surface area (Å²) >= 11 is 1.70. The Bertz CT molecular complexity index is 440. The first-order valence-electron chi connectivity index (χ1n) is 9.62. The largest absolute Gasteiger partial charge is 0.504 e. The molecular formula is C20H35NO2S. The van der Waals surface area contributed by atoms with Gasteiger partial charge in [0.1, 0.15) is 0 Å². The lowest BCUT2D eigenvalue weighted by atomic mass is 10.1. The molecule has 1 aromatic carbocycles. The van der Waals surface area contributed by atoms with E-state index in [4.69, 9.17) is 0 Å². The molecule has 0 spiro atoms. The highest BCUT2D eigenvalue weighted by Gasteiger charge is 2.09. The van der Waals surface area contributed by atoms with Crippen molar-refractivity contribution >= 4 is 11.9 Å². The number of nitrogens with zero attached hydrogens (tertiary/aromatic N) is 1. The summed E-state index contributed by atoms with van der Waals surface area (Å²) in [5, 5.41) is 19.1. The normalized spacial score (nSPS) is 11.3. The van der Waals surface area contributed by atoms with Gasteiger partial charge in [-0.2, -0.15) is 0 Å². The molecule has 0 bridgehead atoms. The number of rotatable bonds is 14. The van der Waals surface area contributed by atoms with Gasteiger partial charge < -0.3 is 10.2 Å². The summed E-state index contributed by atoms with van der Waals surface area (Å²) in [5.41, 5.74) is 0. The van der Waals surface area contributed by atoms with Gasteiger partial charge in [0, 0.05) is 18.0 Å². The summed E-state index contributed by atoms with van der Waals surface area (Å²) in [4.78, 5) is 0.992. The van der Waals surface area contributed by atoms with E-state index in [2.05, 4.69) is 18.2 Å². The van der Waals surface area contributed by atoms with Gasteiger partial charge in [-0.15, -0.1) is 0 Å². The van der Waals surface area contributed by atoms with Gasteiger partial charge in [0.15, 0.2) is 11.5 Å². The van der Waals surface area contributed by atoms with E-state index in [9.17, 15) is 10.2 Å². The van der Waals surface area contributed by atoms with Gasteiger partial charge in [-0.25, -0.2) is 4.31 Å². The fraction of sp³-hybridized carbons (Fsp3) is 0.700. The molecule has 0 saturated carbocycles. The molecule has 4 heteroatoms. The minimum absolute atomic E-state index is 0.0366. The Balaban J connectivity index is 2.42. The van der Waals surface area contributed by atoms with Crippen molar-refractivity contribution in [2.75, 3.05) is 13.1 Å². The second-order valence-corrected chi connectivity index (χ2v) is 7.67. The topological polar surface area (TPSA) is 43.7 Å². The van der Waals surface area contributed by atoms with Crippen LogP contribution in [0.3, 0.4) is 0 Å². The molecule has 0 heterocycles. The Morgan fingerprint density at radius 3 is 1.88 bits per heavy atom. The molecule has 2 N–H and O–H groups in total. The van der Waals surface area contributed by atoms with E-state index in [0.717, 1.165) is 18.0 Å². The van der Waals surface area contributed by atoms with Crippen LogP contribution in [0.15, 0.2) is 23.1 Å². The third-order valence-electron chi connectivity index (χ3n) is 4.20. The first kappa shape index (κ1) is 21.2. The lowest BCUT2D eigenvalue weighted by molar-refractivity contribution is 0.402. The van der Waals surface area contributed by atoms with Crippen molar-refractivity contribution in [2.45, 2.75) is 83.0 Å². The summed E-state index contributed by atoms with van der Waals surface area (Å²) in [6, 6.07) is 5.10. The van der Waals surface area contributed by atoms with Crippen molar-refractivity contribution < 1.29 is 10.2 Å². The molecule has 1 aromatic rings. The van der Waals surface area contributed by atoms with Crippen molar-refractivity contribution in [3.05, 3.63) is 18.2 Å². The van der Waals surface area contributed by atoms with E-state index >= 15 is 0 Å². The zero-order valence-electron chi connectivity index (χ0n) is 15.5. The smallest absolute Gasteiger partial charge is 0.158 e. The molecule has 0 amide bonds. The van der Waals surface area contributed by atoms with Crippen LogP contribution < -0.4 is 0 Å². The summed E-state index contributed by atoms with van der Waals surface area (Å²) in [7, 11) is 0. The molecule has 1 rings (SSSR count). The third kappa shape index (κ3) is 9.43. The Kier molecular flexibility index (Phi) is 11.8. The maximum absolute atomic E-state index is 9.67. The lowest BCUT2D eigenvalue weighted by Crippen LogP contribution is -2.18. The molecule has 3 nitrogen and oxygen atoms in total. The standard InChI is InChI=1S/C20H35NO2S/c1-3-5-7-9-10-12-16-21(15-11-8-6-4-2)24-18-13-14-19(22)20(23)17-18/h13-14,17,22-23H,3-12,15-16H2,1-2H3. The average Bonchev–Trinajstić information content (AvgIpc) is 2.57. The number of hydrogen-bond donors (Lipinski definition) is 2. The Morgan fingerprint density at radius 2 is 1.29 bits per heavy atom. The van der Waals surface area contributed by atoms with Gasteiger partial charge in [0.2, 0.25) is 0 Å². The van der Waals surface area contributed by atoms with Crippen LogP contribution in [0.2, 0.25) is 0 Å².